The Balaban J connectivity index is 1.74. The van der Waals surface area contributed by atoms with Crippen molar-refractivity contribution in [2.75, 3.05) is 56.4 Å². The van der Waals surface area contributed by atoms with Gasteiger partial charge in [-0.2, -0.15) is 29.8 Å². The molecule has 18 nitrogen and oxygen atoms in total. The summed E-state index contributed by atoms with van der Waals surface area (Å²) in [5, 5.41) is 9.13. The Bertz CT molecular complexity index is 2640. The lowest BCUT2D eigenvalue weighted by Gasteiger charge is -2.30. The predicted octanol–water partition coefficient (Wildman–Crippen LogP) is 5.17. The van der Waals surface area contributed by atoms with Gasteiger partial charge in [-0.1, -0.05) is 36.8 Å². The van der Waals surface area contributed by atoms with Crippen LogP contribution in [0, 0.1) is 0 Å². The molecular formula is C42H56N2O16S4. The summed E-state index contributed by atoms with van der Waals surface area (Å²) in [6.07, 6.45) is 14.2. The second kappa shape index (κ2) is 21.9. The van der Waals surface area contributed by atoms with Gasteiger partial charge >= 0.3 is 5.97 Å². The molecule has 0 radical (unpaired) electrons. The van der Waals surface area contributed by atoms with E-state index in [1.807, 2.05) is 17.9 Å². The Morgan fingerprint density at radius 3 is 2.03 bits per heavy atom. The van der Waals surface area contributed by atoms with Crippen molar-refractivity contribution in [1.29, 1.82) is 0 Å². The van der Waals surface area contributed by atoms with E-state index in [1.165, 1.54) is 30.3 Å². The van der Waals surface area contributed by atoms with Gasteiger partial charge in [0.25, 0.3) is 30.4 Å². The number of carbonyl (C=O) groups is 1. The average molecular weight is 973 g/mol. The average Bonchev–Trinajstić information content (AvgIpc) is 3.55. The SMILES string of the molecule is COCCOCCC1(C)C(=CC=CC=CC=CC2=[N+](CCCS(=O)(=O)O)c3ccc(S(=O)(=O)O)cc3C2(C)CCCS(=O)(=O)O)N(CCCCCC(=O)O)c2ccc(S(=O)(=O)[O-])cc21. The van der Waals surface area contributed by atoms with E-state index >= 15 is 0 Å². The van der Waals surface area contributed by atoms with Gasteiger partial charge in [-0.25, -0.2) is 8.42 Å². The molecule has 4 rings (SSSR count). The number of hydrogen-bond donors (Lipinski definition) is 4. The standard InChI is InChI=1S/C42H56N2O16S4/c1-41(21-12-28-61(47,48)49)34-30-32(63(53,54)55)17-19-36(34)44(24-13-29-62(50,51)52)38(41)14-8-5-4-6-9-15-39-42(2,22-25-60-27-26-59-3)35-31-33(64(56,57)58)18-20-37(35)43(39)23-11-7-10-16-40(45)46/h4-6,8-9,14-15,17-20,30-31H,7,10-13,16,21-29H2,1-3H3,(H4-,45,46,47,48,49,50,51,52,53,54,55,56,57,58). The molecule has 4 N–H and O–H groups in total. The van der Waals surface area contributed by atoms with Crippen LogP contribution < -0.4 is 4.90 Å². The molecule has 2 aromatic carbocycles. The first-order valence-electron chi connectivity index (χ1n) is 20.4. The first kappa shape index (κ1) is 52.5. The molecular weight excluding hydrogens is 917 g/mol. The fourth-order valence-corrected chi connectivity index (χ4v) is 10.1. The molecule has 2 heterocycles. The smallest absolute Gasteiger partial charge is 0.303 e. The van der Waals surface area contributed by atoms with Gasteiger partial charge in [-0.05, 0) is 87.9 Å². The molecule has 0 amide bonds. The number of allylic oxidation sites excluding steroid dienone is 8. The Morgan fingerprint density at radius 1 is 0.750 bits per heavy atom. The first-order chi connectivity index (χ1) is 29.8. The number of ether oxygens (including phenoxy) is 2. The minimum absolute atomic E-state index is 0.0184. The van der Waals surface area contributed by atoms with Gasteiger partial charge in [0.05, 0.1) is 39.9 Å². The normalized spacial score (nSPS) is 20.1. The Morgan fingerprint density at radius 2 is 1.39 bits per heavy atom. The number of carboxylic acid groups (broad SMARTS) is 1. The third kappa shape index (κ3) is 14.2. The molecule has 2 aromatic rings. The Labute approximate surface area is 375 Å². The molecule has 0 saturated heterocycles. The summed E-state index contributed by atoms with van der Waals surface area (Å²) in [6.45, 7) is 5.12. The van der Waals surface area contributed by atoms with E-state index in [9.17, 15) is 56.7 Å². The minimum atomic E-state index is -4.79. The number of hydrogen-bond acceptors (Lipinski definition) is 13. The van der Waals surface area contributed by atoms with Crippen LogP contribution in [-0.4, -0.2) is 125 Å². The minimum Gasteiger partial charge on any atom is -0.744 e. The van der Waals surface area contributed by atoms with Crippen LogP contribution in [0.4, 0.5) is 11.4 Å². The van der Waals surface area contributed by atoms with Crippen LogP contribution >= 0.6 is 0 Å². The summed E-state index contributed by atoms with van der Waals surface area (Å²) in [6, 6.07) is 8.15. The number of rotatable bonds is 26. The van der Waals surface area contributed by atoms with E-state index < -0.39 is 73.7 Å². The summed E-state index contributed by atoms with van der Waals surface area (Å²) >= 11 is 0. The highest BCUT2D eigenvalue weighted by Crippen LogP contribution is 2.51. The van der Waals surface area contributed by atoms with Crippen molar-refractivity contribution in [3.8, 4) is 0 Å². The highest BCUT2D eigenvalue weighted by molar-refractivity contribution is 7.86. The van der Waals surface area contributed by atoms with Crippen LogP contribution in [0.3, 0.4) is 0 Å². The maximum Gasteiger partial charge on any atom is 0.303 e. The van der Waals surface area contributed by atoms with Gasteiger partial charge in [0.1, 0.15) is 16.7 Å². The number of aliphatic carboxylic acids is 1. The van der Waals surface area contributed by atoms with Crippen molar-refractivity contribution in [2.24, 2.45) is 0 Å². The van der Waals surface area contributed by atoms with Gasteiger partial charge in [-0.15, -0.1) is 0 Å². The zero-order valence-corrected chi connectivity index (χ0v) is 39.1. The summed E-state index contributed by atoms with van der Waals surface area (Å²) in [5.41, 5.74) is 1.52. The van der Waals surface area contributed by atoms with Gasteiger partial charge < -0.3 is 24.0 Å². The second-order valence-electron chi connectivity index (χ2n) is 15.9. The van der Waals surface area contributed by atoms with Crippen LogP contribution in [-0.2, 0) is 65.6 Å². The molecule has 2 atom stereocenters. The highest BCUT2D eigenvalue weighted by Gasteiger charge is 2.48. The number of methoxy groups -OCH3 is 1. The maximum absolute atomic E-state index is 12.2. The molecule has 64 heavy (non-hydrogen) atoms. The molecule has 0 bridgehead atoms. The molecule has 2 aliphatic heterocycles. The van der Waals surface area contributed by atoms with E-state index in [-0.39, 0.29) is 43.7 Å². The molecule has 2 unspecified atom stereocenters. The van der Waals surface area contributed by atoms with Crippen molar-refractivity contribution in [3.63, 3.8) is 0 Å². The molecule has 0 spiro atoms. The Kier molecular flexibility index (Phi) is 18.0. The molecule has 22 heteroatoms. The van der Waals surface area contributed by atoms with Gasteiger partial charge in [0.2, 0.25) is 5.69 Å². The monoisotopic (exact) mass is 972 g/mol. The fraction of sp³-hybridized carbons (Fsp3) is 0.476. The van der Waals surface area contributed by atoms with Crippen molar-refractivity contribution in [3.05, 3.63) is 95.8 Å². The third-order valence-electron chi connectivity index (χ3n) is 11.3. The molecule has 0 fully saturated rings. The largest absolute Gasteiger partial charge is 0.744 e. The number of unbranched alkanes of at least 4 members (excludes halogenated alkanes) is 2. The molecule has 0 saturated carbocycles. The van der Waals surface area contributed by atoms with E-state index in [2.05, 4.69) is 0 Å². The van der Waals surface area contributed by atoms with Crippen molar-refractivity contribution >= 4 is 63.5 Å². The lowest BCUT2D eigenvalue weighted by molar-refractivity contribution is -0.437. The molecule has 0 aromatic heterocycles. The molecule has 2 aliphatic rings. The van der Waals surface area contributed by atoms with Crippen molar-refractivity contribution in [1.82, 2.24) is 0 Å². The second-order valence-corrected chi connectivity index (χ2v) is 21.9. The quantitative estimate of drug-likeness (QED) is 0.0409. The lowest BCUT2D eigenvalue weighted by atomic mass is 9.76. The zero-order chi connectivity index (χ0) is 47.6. The number of anilines is 1. The summed E-state index contributed by atoms with van der Waals surface area (Å²) in [5.74, 6) is -2.07. The van der Waals surface area contributed by atoms with E-state index in [0.717, 1.165) is 5.70 Å². The van der Waals surface area contributed by atoms with Crippen LogP contribution in [0.2, 0.25) is 0 Å². The van der Waals surface area contributed by atoms with E-state index in [1.54, 1.807) is 61.1 Å². The topological polar surface area (TPSA) is 282 Å². The molecule has 0 aliphatic carbocycles. The maximum atomic E-state index is 12.2. The van der Waals surface area contributed by atoms with Crippen molar-refractivity contribution in [2.45, 2.75) is 85.8 Å². The van der Waals surface area contributed by atoms with Crippen molar-refractivity contribution < 1.29 is 75.8 Å². The van der Waals surface area contributed by atoms with Gasteiger partial charge in [0.15, 0.2) is 5.71 Å². The summed E-state index contributed by atoms with van der Waals surface area (Å²) < 4.78 is 149. The van der Waals surface area contributed by atoms with Crippen LogP contribution in [0.15, 0.2) is 94.4 Å². The lowest BCUT2D eigenvalue weighted by Crippen LogP contribution is -2.32. The van der Waals surface area contributed by atoms with E-state index in [4.69, 9.17) is 14.6 Å². The van der Waals surface area contributed by atoms with Crippen LogP contribution in [0.5, 0.6) is 0 Å². The Hall–Kier alpha value is -4.10. The van der Waals surface area contributed by atoms with Gasteiger partial charge in [0, 0.05) is 67.6 Å². The van der Waals surface area contributed by atoms with Gasteiger partial charge in [-0.3, -0.25) is 18.5 Å². The fourth-order valence-electron chi connectivity index (χ4n) is 8.13. The van der Waals surface area contributed by atoms with E-state index in [0.29, 0.717) is 73.7 Å². The highest BCUT2D eigenvalue weighted by atomic mass is 32.2. The number of nitrogens with zero attached hydrogens (tertiary/aromatic N) is 2. The van der Waals surface area contributed by atoms with Crippen LogP contribution in [0.1, 0.15) is 76.3 Å². The number of fused-ring (bicyclic) bond motifs is 2. The molecule has 354 valence electrons. The number of benzene rings is 2. The predicted molar refractivity (Wildman–Crippen MR) is 238 cm³/mol. The summed E-state index contributed by atoms with van der Waals surface area (Å²) in [7, 11) is -16.6. The zero-order valence-electron chi connectivity index (χ0n) is 35.8. The first-order valence-corrected chi connectivity index (χ1v) is 26.4. The number of carboxylic acids is 1. The van der Waals surface area contributed by atoms with Crippen LogP contribution in [0.25, 0.3) is 0 Å². The third-order valence-corrected chi connectivity index (χ3v) is 14.6. The summed E-state index contributed by atoms with van der Waals surface area (Å²) in [4.78, 5) is 12.4.